The molecule has 0 aliphatic carbocycles. The molecule has 0 aromatic heterocycles. The lowest BCUT2D eigenvalue weighted by molar-refractivity contribution is -0.141. The number of halogens is 1. The van der Waals surface area contributed by atoms with Gasteiger partial charge in [-0.25, -0.2) is 9.18 Å². The fourth-order valence-electron chi connectivity index (χ4n) is 1.28. The van der Waals surface area contributed by atoms with Gasteiger partial charge in [-0.3, -0.25) is 4.79 Å². The molecule has 0 aliphatic heterocycles. The second-order valence-electron chi connectivity index (χ2n) is 3.46. The molecule has 1 rings (SSSR count). The van der Waals surface area contributed by atoms with E-state index < -0.39 is 17.8 Å². The van der Waals surface area contributed by atoms with Crippen LogP contribution in [0.5, 0.6) is 5.75 Å². The summed E-state index contributed by atoms with van der Waals surface area (Å²) in [5.41, 5.74) is 0.347. The van der Waals surface area contributed by atoms with Crippen molar-refractivity contribution < 1.29 is 23.5 Å². The van der Waals surface area contributed by atoms with Crippen molar-refractivity contribution in [3.05, 3.63) is 24.0 Å². The van der Waals surface area contributed by atoms with Gasteiger partial charge in [-0.15, -0.1) is 0 Å². The predicted octanol–water partition coefficient (Wildman–Crippen LogP) is 1.52. The van der Waals surface area contributed by atoms with Gasteiger partial charge in [-0.05, 0) is 19.1 Å². The lowest BCUT2D eigenvalue weighted by atomic mass is 10.3. The normalized spacial score (nSPS) is 9.63. The summed E-state index contributed by atoms with van der Waals surface area (Å²) < 4.78 is 22.6. The van der Waals surface area contributed by atoms with Crippen molar-refractivity contribution in [3.63, 3.8) is 0 Å². The fraction of sp³-hybridized carbons (Fsp3) is 0.333. The van der Waals surface area contributed by atoms with Gasteiger partial charge in [-0.2, -0.15) is 0 Å². The Labute approximate surface area is 109 Å². The summed E-state index contributed by atoms with van der Waals surface area (Å²) in [4.78, 5) is 22.5. The number of carbonyl (C=O) groups is 2. The van der Waals surface area contributed by atoms with E-state index in [-0.39, 0.29) is 18.9 Å². The summed E-state index contributed by atoms with van der Waals surface area (Å²) in [6, 6.07) is 3.28. The van der Waals surface area contributed by atoms with Gasteiger partial charge < -0.3 is 20.1 Å². The number of amides is 2. The highest BCUT2D eigenvalue weighted by Crippen LogP contribution is 2.21. The van der Waals surface area contributed by atoms with Crippen molar-refractivity contribution in [3.8, 4) is 5.75 Å². The summed E-state index contributed by atoms with van der Waals surface area (Å²) in [7, 11) is 1.32. The minimum absolute atomic E-state index is 0.0168. The molecule has 0 atom stereocenters. The third kappa shape index (κ3) is 4.82. The zero-order chi connectivity index (χ0) is 14.3. The van der Waals surface area contributed by atoms with Gasteiger partial charge >= 0.3 is 12.0 Å². The molecule has 0 heterocycles. The quantitative estimate of drug-likeness (QED) is 0.795. The molecule has 0 aliphatic rings. The molecule has 0 unspecified atom stereocenters. The Morgan fingerprint density at radius 3 is 2.74 bits per heavy atom. The van der Waals surface area contributed by atoms with Gasteiger partial charge in [0, 0.05) is 11.8 Å². The molecule has 0 radical (unpaired) electrons. The van der Waals surface area contributed by atoms with Crippen LogP contribution in [0.3, 0.4) is 0 Å². The van der Waals surface area contributed by atoms with Crippen LogP contribution in [-0.2, 0) is 9.53 Å². The van der Waals surface area contributed by atoms with E-state index in [0.29, 0.717) is 5.69 Å². The lowest BCUT2D eigenvalue weighted by Gasteiger charge is -2.09. The van der Waals surface area contributed by atoms with E-state index in [1.807, 2.05) is 0 Å². The van der Waals surface area contributed by atoms with Crippen molar-refractivity contribution >= 4 is 17.7 Å². The van der Waals surface area contributed by atoms with E-state index in [1.54, 1.807) is 6.92 Å². The number of rotatable bonds is 5. The van der Waals surface area contributed by atoms with E-state index in [9.17, 15) is 14.0 Å². The lowest BCUT2D eigenvalue weighted by Crippen LogP contribution is -2.34. The number of ether oxygens (including phenoxy) is 2. The highest BCUT2D eigenvalue weighted by Gasteiger charge is 2.08. The first-order valence-electron chi connectivity index (χ1n) is 5.60. The van der Waals surface area contributed by atoms with E-state index in [4.69, 9.17) is 4.74 Å². The van der Waals surface area contributed by atoms with Crippen LogP contribution in [0.25, 0.3) is 0 Å². The molecule has 2 N–H and O–H groups in total. The Morgan fingerprint density at radius 2 is 2.11 bits per heavy atom. The number of methoxy groups -OCH3 is 1. The van der Waals surface area contributed by atoms with Gasteiger partial charge in [0.05, 0.1) is 13.7 Å². The van der Waals surface area contributed by atoms with Gasteiger partial charge in [0.2, 0.25) is 0 Å². The third-order valence-corrected chi connectivity index (χ3v) is 2.11. The summed E-state index contributed by atoms with van der Waals surface area (Å²) >= 11 is 0. The second-order valence-corrected chi connectivity index (χ2v) is 3.46. The number of anilines is 1. The van der Waals surface area contributed by atoms with E-state index >= 15 is 0 Å². The van der Waals surface area contributed by atoms with Crippen molar-refractivity contribution in [2.24, 2.45) is 0 Å². The number of urea groups is 1. The molecule has 2 amide bonds. The Kier molecular flexibility index (Phi) is 5.59. The molecule has 0 bridgehead atoms. The zero-order valence-corrected chi connectivity index (χ0v) is 10.7. The minimum atomic E-state index is -0.596. The number of nitrogens with one attached hydrogen (secondary N) is 2. The van der Waals surface area contributed by atoms with Crippen LogP contribution in [0.15, 0.2) is 18.2 Å². The molecule has 0 fully saturated rings. The molecular weight excluding hydrogens is 255 g/mol. The molecule has 0 saturated carbocycles. The summed E-state index contributed by atoms with van der Waals surface area (Å²) in [5.74, 6) is -1.04. The molecule has 7 heteroatoms. The van der Waals surface area contributed by atoms with Gasteiger partial charge in [0.15, 0.2) is 11.6 Å². The van der Waals surface area contributed by atoms with Crippen LogP contribution in [0.4, 0.5) is 14.9 Å². The van der Waals surface area contributed by atoms with Gasteiger partial charge in [-0.1, -0.05) is 0 Å². The molecular formula is C12H15FN2O4. The molecule has 104 valence electrons. The maximum Gasteiger partial charge on any atom is 0.325 e. The number of esters is 1. The second kappa shape index (κ2) is 7.20. The van der Waals surface area contributed by atoms with E-state index in [2.05, 4.69) is 15.4 Å². The Bertz CT molecular complexity index is 465. The average Bonchev–Trinajstić information content (AvgIpc) is 2.39. The monoisotopic (exact) mass is 270 g/mol. The van der Waals surface area contributed by atoms with E-state index in [0.717, 1.165) is 0 Å². The minimum Gasteiger partial charge on any atom is -0.494 e. The van der Waals surface area contributed by atoms with Gasteiger partial charge in [0.1, 0.15) is 6.54 Å². The molecule has 1 aromatic rings. The standard InChI is InChI=1S/C12H15FN2O4/c1-3-19-11(16)7-14-12(17)15-8-4-5-9(13)10(6-8)18-2/h4-6H,3,7H2,1-2H3,(H2,14,15,17). The molecule has 0 spiro atoms. The molecule has 19 heavy (non-hydrogen) atoms. The highest BCUT2D eigenvalue weighted by molar-refractivity contribution is 5.91. The highest BCUT2D eigenvalue weighted by atomic mass is 19.1. The van der Waals surface area contributed by atoms with Crippen molar-refractivity contribution in [1.29, 1.82) is 0 Å². The summed E-state index contributed by atoms with van der Waals surface area (Å²) in [6.07, 6.45) is 0. The number of carbonyl (C=O) groups excluding carboxylic acids is 2. The summed E-state index contributed by atoms with van der Waals surface area (Å²) in [6.45, 7) is 1.68. The topological polar surface area (TPSA) is 76.7 Å². The fourth-order valence-corrected chi connectivity index (χ4v) is 1.28. The molecule has 1 aromatic carbocycles. The maximum absolute atomic E-state index is 13.1. The van der Waals surface area contributed by atoms with E-state index in [1.165, 1.54) is 25.3 Å². The zero-order valence-electron chi connectivity index (χ0n) is 10.7. The van der Waals surface area contributed by atoms with Crippen LogP contribution >= 0.6 is 0 Å². The largest absolute Gasteiger partial charge is 0.494 e. The van der Waals surface area contributed by atoms with Crippen molar-refractivity contribution in [2.75, 3.05) is 25.6 Å². The Morgan fingerprint density at radius 1 is 1.37 bits per heavy atom. The molecule has 0 saturated heterocycles. The predicted molar refractivity (Wildman–Crippen MR) is 66.6 cm³/mol. The van der Waals surface area contributed by atoms with Crippen LogP contribution in [0.2, 0.25) is 0 Å². The first kappa shape index (κ1) is 14.7. The number of benzene rings is 1. The first-order valence-corrected chi connectivity index (χ1v) is 5.60. The van der Waals surface area contributed by atoms with Crippen LogP contribution in [-0.4, -0.2) is 32.3 Å². The summed E-state index contributed by atoms with van der Waals surface area (Å²) in [5, 5.41) is 4.75. The van der Waals surface area contributed by atoms with Crippen LogP contribution < -0.4 is 15.4 Å². The SMILES string of the molecule is CCOC(=O)CNC(=O)Nc1ccc(F)c(OC)c1. The Balaban J connectivity index is 2.50. The number of hydrogen-bond acceptors (Lipinski definition) is 4. The third-order valence-electron chi connectivity index (χ3n) is 2.11. The average molecular weight is 270 g/mol. The van der Waals surface area contributed by atoms with Crippen molar-refractivity contribution in [2.45, 2.75) is 6.92 Å². The maximum atomic E-state index is 13.1. The molecule has 6 nitrogen and oxygen atoms in total. The van der Waals surface area contributed by atoms with Crippen LogP contribution in [0, 0.1) is 5.82 Å². The van der Waals surface area contributed by atoms with Crippen molar-refractivity contribution in [1.82, 2.24) is 5.32 Å². The Hall–Kier alpha value is -2.31. The van der Waals surface area contributed by atoms with Crippen LogP contribution in [0.1, 0.15) is 6.92 Å². The number of hydrogen-bond donors (Lipinski definition) is 2. The first-order chi connectivity index (χ1) is 9.06. The van der Waals surface area contributed by atoms with Gasteiger partial charge in [0.25, 0.3) is 0 Å². The smallest absolute Gasteiger partial charge is 0.325 e.